The molecule has 1 saturated heterocycles. The van der Waals surface area contributed by atoms with Gasteiger partial charge in [0.1, 0.15) is 34.9 Å². The summed E-state index contributed by atoms with van der Waals surface area (Å²) in [5.41, 5.74) is 4.29. The van der Waals surface area contributed by atoms with Crippen LogP contribution in [0.15, 0.2) is 64.5 Å². The van der Waals surface area contributed by atoms with Gasteiger partial charge in [-0.25, -0.2) is 0 Å². The number of thiophene rings is 1. The first-order chi connectivity index (χ1) is 16.2. The molecule has 8 heteroatoms. The lowest BCUT2D eigenvalue weighted by Gasteiger charge is -2.37. The minimum Gasteiger partial charge on any atom is -0.491 e. The van der Waals surface area contributed by atoms with Crippen molar-refractivity contribution in [2.24, 2.45) is 0 Å². The fraction of sp³-hybridized carbons (Fsp3) is 0.308. The van der Waals surface area contributed by atoms with Gasteiger partial charge in [0, 0.05) is 38.3 Å². The summed E-state index contributed by atoms with van der Waals surface area (Å²) < 4.78 is 12.2. The predicted molar refractivity (Wildman–Crippen MR) is 135 cm³/mol. The molecule has 0 saturated carbocycles. The van der Waals surface area contributed by atoms with Gasteiger partial charge in [0.25, 0.3) is 0 Å². The Bertz CT molecular complexity index is 1250. The number of β-amino-alcohol motifs (C(OH)–C–C–N with tert-alkyl or cyclic N) is 1. The van der Waals surface area contributed by atoms with E-state index >= 15 is 0 Å². The average molecular weight is 477 g/mol. The van der Waals surface area contributed by atoms with E-state index in [9.17, 15) is 10.4 Å². The van der Waals surface area contributed by atoms with Crippen molar-refractivity contribution >= 4 is 27.3 Å². The fourth-order valence-corrected chi connectivity index (χ4v) is 4.95. The maximum Gasteiger partial charge on any atom is 0.178 e. The molecule has 2 aromatic carbocycles. The highest BCUT2D eigenvalue weighted by Crippen LogP contribution is 2.32. The van der Waals surface area contributed by atoms with Crippen molar-refractivity contribution in [3.8, 4) is 23.1 Å². The normalized spacial score (nSPS) is 15.0. The zero-order valence-corrected chi connectivity index (χ0v) is 18.9. The van der Waals surface area contributed by atoms with E-state index in [0.717, 1.165) is 53.4 Å². The van der Waals surface area contributed by atoms with Gasteiger partial charge < -0.3 is 19.3 Å². The minimum atomic E-state index is -0.580. The molecule has 1 atom stereocenters. The monoisotopic (exact) mass is 476 g/mol. The zero-order chi connectivity index (χ0) is 22.6. The van der Waals surface area contributed by atoms with Crippen LogP contribution >= 0.6 is 11.3 Å². The molecule has 1 aliphatic heterocycles. The van der Waals surface area contributed by atoms with E-state index in [-0.39, 0.29) is 14.0 Å². The van der Waals surface area contributed by atoms with Crippen molar-refractivity contribution < 1.29 is 14.4 Å². The molecule has 1 N–H and O–H groups in total. The van der Waals surface area contributed by atoms with E-state index in [0.29, 0.717) is 17.9 Å². The lowest BCUT2D eigenvalue weighted by Crippen LogP contribution is -2.49. The summed E-state index contributed by atoms with van der Waals surface area (Å²) >= 11 is 1.61. The third kappa shape index (κ3) is 5.07. The molecule has 5 rings (SSSR count). The second-order valence-electron chi connectivity index (χ2n) is 8.05. The van der Waals surface area contributed by atoms with Crippen LogP contribution < -0.4 is 9.64 Å². The van der Waals surface area contributed by atoms with Crippen molar-refractivity contribution in [1.82, 2.24) is 10.1 Å². The van der Waals surface area contributed by atoms with Gasteiger partial charge in [0.15, 0.2) is 5.58 Å². The van der Waals surface area contributed by atoms with Crippen molar-refractivity contribution in [2.45, 2.75) is 13.5 Å². The third-order valence-corrected chi connectivity index (χ3v) is 6.76. The van der Waals surface area contributed by atoms with Crippen molar-refractivity contribution in [3.63, 3.8) is 0 Å². The van der Waals surface area contributed by atoms with Crippen LogP contribution in [0.25, 0.3) is 21.5 Å². The Labute approximate surface area is 203 Å². The van der Waals surface area contributed by atoms with Crippen LogP contribution in [0.5, 0.6) is 5.75 Å². The summed E-state index contributed by atoms with van der Waals surface area (Å²) in [4.78, 5) is 4.47. The largest absolute Gasteiger partial charge is 0.491 e. The smallest absolute Gasteiger partial charge is 0.178 e. The van der Waals surface area contributed by atoms with Gasteiger partial charge in [-0.05, 0) is 47.8 Å². The molecule has 176 valence electrons. The SMILES string of the molecule is C.N#Cc1ccccc1N1CCN(CC(O)COc2ccc(-c3noc4ccsc34)cc2)CC1. The molecular weight excluding hydrogens is 448 g/mol. The number of ether oxygens (including phenoxy) is 1. The standard InChI is InChI=1S/C25H24N4O3S.CH4/c26-15-19-3-1-2-4-22(19)29-12-10-28(11-13-29)16-20(30)17-31-21-7-5-18(6-8-21)24-25-23(32-27-24)9-14-33-25;/h1-9,14,20,30H,10-13,16-17H2;1H4. The van der Waals surface area contributed by atoms with E-state index in [1.807, 2.05) is 60.0 Å². The van der Waals surface area contributed by atoms with Gasteiger partial charge in [0.2, 0.25) is 0 Å². The Morgan fingerprint density at radius 2 is 1.85 bits per heavy atom. The molecule has 0 aliphatic carbocycles. The zero-order valence-electron chi connectivity index (χ0n) is 18.1. The second-order valence-corrected chi connectivity index (χ2v) is 8.97. The Kier molecular flexibility index (Phi) is 7.48. The number of fused-ring (bicyclic) bond motifs is 1. The summed E-state index contributed by atoms with van der Waals surface area (Å²) in [6.45, 7) is 4.11. The maximum atomic E-state index is 10.5. The van der Waals surface area contributed by atoms with Gasteiger partial charge in [0.05, 0.1) is 11.3 Å². The molecule has 0 radical (unpaired) electrons. The summed E-state index contributed by atoms with van der Waals surface area (Å²) in [6.07, 6.45) is -0.580. The van der Waals surface area contributed by atoms with Crippen LogP contribution in [0.4, 0.5) is 5.69 Å². The number of para-hydroxylation sites is 1. The average Bonchev–Trinajstić information content (AvgIpc) is 3.48. The molecule has 1 fully saturated rings. The van der Waals surface area contributed by atoms with Crippen LogP contribution in [0, 0.1) is 11.3 Å². The summed E-state index contributed by atoms with van der Waals surface area (Å²) in [5, 5.41) is 26.0. The Morgan fingerprint density at radius 1 is 1.09 bits per heavy atom. The van der Waals surface area contributed by atoms with E-state index in [1.54, 1.807) is 11.3 Å². The first-order valence-electron chi connectivity index (χ1n) is 10.9. The van der Waals surface area contributed by atoms with Crippen molar-refractivity contribution in [2.75, 3.05) is 44.2 Å². The molecule has 34 heavy (non-hydrogen) atoms. The first kappa shape index (κ1) is 23.8. The topological polar surface area (TPSA) is 85.8 Å². The van der Waals surface area contributed by atoms with Crippen LogP contribution in [0.1, 0.15) is 13.0 Å². The van der Waals surface area contributed by atoms with Crippen LogP contribution in [-0.4, -0.2) is 60.6 Å². The van der Waals surface area contributed by atoms with Gasteiger partial charge in [-0.15, -0.1) is 11.3 Å². The van der Waals surface area contributed by atoms with Crippen LogP contribution in [-0.2, 0) is 0 Å². The lowest BCUT2D eigenvalue weighted by molar-refractivity contribution is 0.0663. The second kappa shape index (κ2) is 10.7. The molecule has 0 bridgehead atoms. The number of aromatic nitrogens is 1. The summed E-state index contributed by atoms with van der Waals surface area (Å²) in [7, 11) is 0. The van der Waals surface area contributed by atoms with Gasteiger partial charge in [-0.3, -0.25) is 4.90 Å². The number of benzene rings is 2. The molecule has 0 amide bonds. The quantitative estimate of drug-likeness (QED) is 0.416. The summed E-state index contributed by atoms with van der Waals surface area (Å²) in [5.74, 6) is 0.710. The molecule has 1 aliphatic rings. The number of nitrogens with zero attached hydrogens (tertiary/aromatic N) is 4. The number of aliphatic hydroxyl groups excluding tert-OH is 1. The van der Waals surface area contributed by atoms with Gasteiger partial charge >= 0.3 is 0 Å². The molecule has 4 aromatic rings. The number of nitriles is 1. The van der Waals surface area contributed by atoms with Crippen molar-refractivity contribution in [1.29, 1.82) is 5.26 Å². The molecule has 0 spiro atoms. The predicted octanol–water partition coefficient (Wildman–Crippen LogP) is 4.63. The molecule has 3 heterocycles. The minimum absolute atomic E-state index is 0. The lowest BCUT2D eigenvalue weighted by atomic mass is 10.1. The van der Waals surface area contributed by atoms with E-state index < -0.39 is 6.10 Å². The molecule has 2 aromatic heterocycles. The number of rotatable bonds is 7. The highest BCUT2D eigenvalue weighted by atomic mass is 32.1. The van der Waals surface area contributed by atoms with E-state index in [2.05, 4.69) is 21.0 Å². The number of hydrogen-bond donors (Lipinski definition) is 1. The van der Waals surface area contributed by atoms with E-state index in [4.69, 9.17) is 9.26 Å². The highest BCUT2D eigenvalue weighted by molar-refractivity contribution is 7.17. The van der Waals surface area contributed by atoms with Crippen molar-refractivity contribution in [3.05, 3.63) is 65.5 Å². The number of aliphatic hydroxyl groups is 1. The highest BCUT2D eigenvalue weighted by Gasteiger charge is 2.21. The molecular formula is C26H28N4O3S. The number of anilines is 1. The maximum absolute atomic E-state index is 10.5. The Balaban J connectivity index is 0.00000274. The number of piperazine rings is 1. The van der Waals surface area contributed by atoms with Crippen LogP contribution in [0.2, 0.25) is 0 Å². The number of hydrogen-bond acceptors (Lipinski definition) is 8. The fourth-order valence-electron chi connectivity index (χ4n) is 4.13. The Hall–Kier alpha value is -3.38. The molecule has 7 nitrogen and oxygen atoms in total. The van der Waals surface area contributed by atoms with Gasteiger partial charge in [-0.2, -0.15) is 5.26 Å². The van der Waals surface area contributed by atoms with Gasteiger partial charge in [-0.1, -0.05) is 24.7 Å². The summed E-state index contributed by atoms with van der Waals surface area (Å²) in [6, 6.07) is 19.6. The first-order valence-corrected chi connectivity index (χ1v) is 11.8. The third-order valence-electron chi connectivity index (χ3n) is 5.86. The van der Waals surface area contributed by atoms with E-state index in [1.165, 1.54) is 0 Å². The Morgan fingerprint density at radius 3 is 2.62 bits per heavy atom. The molecule has 1 unspecified atom stereocenters. The van der Waals surface area contributed by atoms with Crippen LogP contribution in [0.3, 0.4) is 0 Å².